The zero-order chi connectivity index (χ0) is 14.2. The van der Waals surface area contributed by atoms with E-state index < -0.39 is 0 Å². The topological polar surface area (TPSA) is 12.0 Å². The van der Waals surface area contributed by atoms with Gasteiger partial charge in [0, 0.05) is 16.8 Å². The zero-order valence-electron chi connectivity index (χ0n) is 12.1. The fourth-order valence-electron chi connectivity index (χ4n) is 2.15. The molecule has 0 saturated heterocycles. The Morgan fingerprint density at radius 2 is 1.70 bits per heavy atom. The summed E-state index contributed by atoms with van der Waals surface area (Å²) >= 11 is 0. The Kier molecular flexibility index (Phi) is 5.19. The molecule has 0 unspecified atom stereocenters. The lowest BCUT2D eigenvalue weighted by Crippen LogP contribution is -1.96. The van der Waals surface area contributed by atoms with Crippen LogP contribution in [0.25, 0.3) is 10.8 Å². The zero-order valence-corrected chi connectivity index (χ0v) is 12.1. The highest BCUT2D eigenvalue weighted by molar-refractivity contribution is 5.94. The summed E-state index contributed by atoms with van der Waals surface area (Å²) in [6.07, 6.45) is 11.6. The van der Waals surface area contributed by atoms with Crippen LogP contribution in [-0.2, 0) is 0 Å². The van der Waals surface area contributed by atoms with Crippen LogP contribution in [-0.4, -0.2) is 0 Å². The molecule has 102 valence electrons. The van der Waals surface area contributed by atoms with E-state index in [2.05, 4.69) is 78.2 Å². The quantitative estimate of drug-likeness (QED) is 0.735. The number of hydrogen-bond acceptors (Lipinski definition) is 1. The number of nitrogens with one attached hydrogen (secondary N) is 1. The van der Waals surface area contributed by atoms with Gasteiger partial charge >= 0.3 is 0 Å². The molecule has 2 aromatic rings. The Morgan fingerprint density at radius 3 is 2.60 bits per heavy atom. The van der Waals surface area contributed by atoms with Crippen LogP contribution >= 0.6 is 0 Å². The van der Waals surface area contributed by atoms with E-state index in [1.165, 1.54) is 10.8 Å². The van der Waals surface area contributed by atoms with Crippen molar-refractivity contribution in [3.05, 3.63) is 78.5 Å². The van der Waals surface area contributed by atoms with Gasteiger partial charge in [0.2, 0.25) is 0 Å². The van der Waals surface area contributed by atoms with Gasteiger partial charge in [0.05, 0.1) is 0 Å². The molecule has 1 N–H and O–H groups in total. The summed E-state index contributed by atoms with van der Waals surface area (Å²) in [7, 11) is 0. The summed E-state index contributed by atoms with van der Waals surface area (Å²) in [5.41, 5.74) is 2.28. The fourth-order valence-corrected chi connectivity index (χ4v) is 2.15. The van der Waals surface area contributed by atoms with Gasteiger partial charge < -0.3 is 5.32 Å². The van der Waals surface area contributed by atoms with Gasteiger partial charge in [-0.15, -0.1) is 0 Å². The molecule has 1 nitrogen and oxygen atoms in total. The lowest BCUT2D eigenvalue weighted by Gasteiger charge is -2.10. The van der Waals surface area contributed by atoms with Crippen LogP contribution in [0, 0.1) is 0 Å². The van der Waals surface area contributed by atoms with Gasteiger partial charge in [-0.3, -0.25) is 0 Å². The van der Waals surface area contributed by atoms with E-state index in [4.69, 9.17) is 0 Å². The van der Waals surface area contributed by atoms with Crippen LogP contribution in [0.2, 0.25) is 0 Å². The molecule has 2 aromatic carbocycles. The largest absolute Gasteiger partial charge is 0.355 e. The van der Waals surface area contributed by atoms with Gasteiger partial charge in [0.25, 0.3) is 0 Å². The van der Waals surface area contributed by atoms with Gasteiger partial charge in [0.15, 0.2) is 0 Å². The molecule has 1 heteroatoms. The number of benzene rings is 2. The third-order valence-corrected chi connectivity index (χ3v) is 3.05. The summed E-state index contributed by atoms with van der Waals surface area (Å²) < 4.78 is 0. The van der Waals surface area contributed by atoms with Crippen molar-refractivity contribution in [1.82, 2.24) is 0 Å². The van der Waals surface area contributed by atoms with E-state index in [1.807, 2.05) is 13.8 Å². The van der Waals surface area contributed by atoms with Gasteiger partial charge in [-0.25, -0.2) is 0 Å². The maximum Gasteiger partial charge on any atom is 0.0463 e. The van der Waals surface area contributed by atoms with E-state index in [0.29, 0.717) is 0 Å². The molecule has 0 heterocycles. The lowest BCUT2D eigenvalue weighted by molar-refractivity contribution is 1.39. The number of rotatable bonds is 2. The predicted molar refractivity (Wildman–Crippen MR) is 89.9 cm³/mol. The van der Waals surface area contributed by atoms with Crippen LogP contribution in [0.5, 0.6) is 0 Å². The Bertz CT molecular complexity index is 642. The van der Waals surface area contributed by atoms with E-state index in [0.717, 1.165) is 17.8 Å². The molecule has 0 aromatic heterocycles. The van der Waals surface area contributed by atoms with Crippen molar-refractivity contribution in [1.29, 1.82) is 0 Å². The molecule has 0 saturated carbocycles. The minimum Gasteiger partial charge on any atom is -0.355 e. The van der Waals surface area contributed by atoms with Crippen molar-refractivity contribution >= 4 is 16.5 Å². The van der Waals surface area contributed by atoms with Crippen LogP contribution in [0.4, 0.5) is 5.69 Å². The van der Waals surface area contributed by atoms with E-state index in [1.54, 1.807) is 0 Å². The minimum absolute atomic E-state index is 0.997. The third-order valence-electron chi connectivity index (χ3n) is 3.05. The highest BCUT2D eigenvalue weighted by atomic mass is 14.9. The van der Waals surface area contributed by atoms with Crippen molar-refractivity contribution < 1.29 is 0 Å². The highest BCUT2D eigenvalue weighted by Crippen LogP contribution is 2.24. The second-order valence-electron chi connectivity index (χ2n) is 4.34. The monoisotopic (exact) mass is 263 g/mol. The van der Waals surface area contributed by atoms with Crippen molar-refractivity contribution in [2.24, 2.45) is 0 Å². The predicted octanol–water partition coefficient (Wildman–Crippen LogP) is 5.68. The Morgan fingerprint density at radius 1 is 0.900 bits per heavy atom. The van der Waals surface area contributed by atoms with Crippen molar-refractivity contribution in [2.45, 2.75) is 20.3 Å². The fraction of sp³-hybridized carbons (Fsp3) is 0.158. The summed E-state index contributed by atoms with van der Waals surface area (Å²) in [5.74, 6) is 0. The van der Waals surface area contributed by atoms with E-state index >= 15 is 0 Å². The van der Waals surface area contributed by atoms with Gasteiger partial charge in [-0.05, 0) is 30.0 Å². The summed E-state index contributed by atoms with van der Waals surface area (Å²) in [5, 5.41) is 6.00. The molecular formula is C19H21N. The number of fused-ring (bicyclic) bond motifs is 1. The molecule has 3 rings (SSSR count). The van der Waals surface area contributed by atoms with Gasteiger partial charge in [-0.1, -0.05) is 68.5 Å². The number of anilines is 1. The molecule has 1 aliphatic rings. The molecule has 0 amide bonds. The Balaban J connectivity index is 0.000000704. The molecule has 20 heavy (non-hydrogen) atoms. The molecule has 0 atom stereocenters. The maximum atomic E-state index is 3.49. The maximum absolute atomic E-state index is 3.49. The van der Waals surface area contributed by atoms with Crippen LogP contribution in [0.3, 0.4) is 0 Å². The molecule has 0 radical (unpaired) electrons. The number of hydrogen-bond donors (Lipinski definition) is 1. The Labute approximate surface area is 121 Å². The van der Waals surface area contributed by atoms with Crippen molar-refractivity contribution in [2.75, 3.05) is 5.32 Å². The molecule has 1 aliphatic carbocycles. The molecule has 0 aliphatic heterocycles. The average Bonchev–Trinajstić information content (AvgIpc) is 2.78. The first kappa shape index (κ1) is 14.1. The number of allylic oxidation sites excluding steroid dienone is 5. The minimum atomic E-state index is 0.997. The summed E-state index contributed by atoms with van der Waals surface area (Å²) in [6.45, 7) is 4.00. The summed E-state index contributed by atoms with van der Waals surface area (Å²) in [4.78, 5) is 0. The molecule has 0 bridgehead atoms. The second kappa shape index (κ2) is 7.34. The first-order valence-electron chi connectivity index (χ1n) is 7.22. The van der Waals surface area contributed by atoms with Crippen LogP contribution < -0.4 is 5.32 Å². The smallest absolute Gasteiger partial charge is 0.0463 e. The average molecular weight is 263 g/mol. The third kappa shape index (κ3) is 3.39. The van der Waals surface area contributed by atoms with E-state index in [-0.39, 0.29) is 0 Å². The highest BCUT2D eigenvalue weighted by Gasteiger charge is 2.00. The SMILES string of the molecule is C1=CCC=CC(Nc2cccc3ccccc23)=C1.CC. The molecule has 0 fully saturated rings. The van der Waals surface area contributed by atoms with Crippen molar-refractivity contribution in [3.8, 4) is 0 Å². The van der Waals surface area contributed by atoms with Crippen molar-refractivity contribution in [3.63, 3.8) is 0 Å². The Hall–Kier alpha value is -2.28. The first-order valence-corrected chi connectivity index (χ1v) is 7.22. The molecule has 0 spiro atoms. The molecular weight excluding hydrogens is 242 g/mol. The van der Waals surface area contributed by atoms with Gasteiger partial charge in [0.1, 0.15) is 0 Å². The van der Waals surface area contributed by atoms with Gasteiger partial charge in [-0.2, -0.15) is 0 Å². The lowest BCUT2D eigenvalue weighted by atomic mass is 10.1. The summed E-state index contributed by atoms with van der Waals surface area (Å²) in [6, 6.07) is 14.8. The first-order chi connectivity index (χ1) is 9.93. The van der Waals surface area contributed by atoms with Crippen LogP contribution in [0.15, 0.2) is 78.5 Å². The van der Waals surface area contributed by atoms with E-state index in [9.17, 15) is 0 Å². The van der Waals surface area contributed by atoms with Crippen LogP contribution in [0.1, 0.15) is 20.3 Å². The standard InChI is InChI=1S/C17H15N.C2H6/c1-2-4-11-15(10-3-1)18-17-13-7-9-14-8-5-6-12-16(14)17;1-2/h1,3-13,18H,2H2;1-2H3. The second-order valence-corrected chi connectivity index (χ2v) is 4.34. The normalized spacial score (nSPS) is 13.2.